The van der Waals surface area contributed by atoms with Gasteiger partial charge < -0.3 is 0 Å². The monoisotopic (exact) mass is 439 g/mol. The molecule has 0 saturated carbocycles. The average Bonchev–Trinajstić information content (AvgIpc) is 2.73. The van der Waals surface area contributed by atoms with Crippen molar-refractivity contribution >= 4 is 5.78 Å². The molecule has 0 aliphatic heterocycles. The number of Topliss-reactive ketones (excluding diaryl/α,β-unsaturated/α-hetero) is 1. The molecule has 0 amide bonds. The topological polar surface area (TPSA) is 40.9 Å². The summed E-state index contributed by atoms with van der Waals surface area (Å²) < 4.78 is 0. The number of nitrogens with zero attached hydrogens (tertiary/aromatic N) is 1. The van der Waals surface area contributed by atoms with E-state index >= 15 is 0 Å². The summed E-state index contributed by atoms with van der Waals surface area (Å²) >= 11 is 0. The molecule has 0 bridgehead atoms. The molecule has 1 aliphatic rings. The van der Waals surface area contributed by atoms with E-state index in [1.54, 1.807) is 0 Å². The number of ketones is 1. The Morgan fingerprint density at radius 3 is 1.62 bits per heavy atom. The summed E-state index contributed by atoms with van der Waals surface area (Å²) in [5, 5.41) is 9.55. The van der Waals surface area contributed by atoms with E-state index in [-0.39, 0.29) is 5.78 Å². The fourth-order valence-corrected chi connectivity index (χ4v) is 4.81. The maximum atomic E-state index is 12.7. The van der Waals surface area contributed by atoms with E-state index in [0.717, 1.165) is 40.9 Å². The first-order valence-electron chi connectivity index (χ1n) is 13.1. The van der Waals surface area contributed by atoms with Crippen LogP contribution in [0.15, 0.2) is 34.4 Å². The van der Waals surface area contributed by atoms with Crippen LogP contribution in [-0.2, 0) is 4.79 Å². The molecule has 1 unspecified atom stereocenters. The van der Waals surface area contributed by atoms with Gasteiger partial charge >= 0.3 is 0 Å². The Labute approximate surface area is 199 Å². The second-order valence-corrected chi connectivity index (χ2v) is 11.1. The predicted octanol–water partition coefficient (Wildman–Crippen LogP) is 9.14. The molecular formula is C30H49NO. The van der Waals surface area contributed by atoms with Crippen LogP contribution < -0.4 is 0 Å². The first-order valence-corrected chi connectivity index (χ1v) is 13.1. The standard InChI is InChI=1S/C30H49NO/c1-21(2)12-9-13-22(3)14-10-15-23(4)16-11-17-24(5)18-19-28-29(20-31)26(7)25(6)27(8)30(28)32/h21-24H,7,9-19H2,1-6,8H3/t22-,23-,24?/m1/s1. The Bertz CT molecular complexity index is 730. The molecule has 0 fully saturated rings. The Morgan fingerprint density at radius 1 is 0.750 bits per heavy atom. The molecule has 32 heavy (non-hydrogen) atoms. The van der Waals surface area contributed by atoms with Gasteiger partial charge in [0.25, 0.3) is 0 Å². The van der Waals surface area contributed by atoms with Crippen molar-refractivity contribution in [1.82, 2.24) is 0 Å². The van der Waals surface area contributed by atoms with Crippen molar-refractivity contribution in [1.29, 1.82) is 5.26 Å². The minimum absolute atomic E-state index is 0.0470. The third kappa shape index (κ3) is 9.48. The number of hydrogen-bond donors (Lipinski definition) is 0. The van der Waals surface area contributed by atoms with Crippen LogP contribution in [0.3, 0.4) is 0 Å². The minimum Gasteiger partial charge on any atom is -0.289 e. The lowest BCUT2D eigenvalue weighted by Crippen LogP contribution is -2.16. The zero-order valence-electron chi connectivity index (χ0n) is 22.2. The summed E-state index contributed by atoms with van der Waals surface area (Å²) in [6.45, 7) is 19.5. The quantitative estimate of drug-likeness (QED) is 0.255. The van der Waals surface area contributed by atoms with E-state index in [1.165, 1.54) is 57.8 Å². The summed E-state index contributed by atoms with van der Waals surface area (Å²) in [5.74, 6) is 3.13. The average molecular weight is 440 g/mol. The molecule has 0 heterocycles. The van der Waals surface area contributed by atoms with Crippen molar-refractivity contribution in [3.63, 3.8) is 0 Å². The van der Waals surface area contributed by atoms with E-state index in [1.807, 2.05) is 13.8 Å². The van der Waals surface area contributed by atoms with Crippen molar-refractivity contribution in [2.75, 3.05) is 0 Å². The van der Waals surface area contributed by atoms with Gasteiger partial charge in [0.15, 0.2) is 5.78 Å². The maximum Gasteiger partial charge on any atom is 0.186 e. The number of allylic oxidation sites excluding steroid dienone is 5. The van der Waals surface area contributed by atoms with Crippen LogP contribution in [0.1, 0.15) is 119 Å². The Balaban J connectivity index is 2.29. The van der Waals surface area contributed by atoms with E-state index in [2.05, 4.69) is 47.3 Å². The van der Waals surface area contributed by atoms with Crippen molar-refractivity contribution in [2.24, 2.45) is 23.7 Å². The highest BCUT2D eigenvalue weighted by atomic mass is 16.1. The summed E-state index contributed by atoms with van der Waals surface area (Å²) in [7, 11) is 0. The number of rotatable bonds is 15. The van der Waals surface area contributed by atoms with Gasteiger partial charge in [-0.3, -0.25) is 4.79 Å². The van der Waals surface area contributed by atoms with Crippen molar-refractivity contribution in [3.05, 3.63) is 34.4 Å². The molecule has 0 aromatic rings. The van der Waals surface area contributed by atoms with Gasteiger partial charge in [-0.25, -0.2) is 0 Å². The normalized spacial score (nSPS) is 17.7. The molecule has 0 aromatic carbocycles. The van der Waals surface area contributed by atoms with Crippen LogP contribution in [0.2, 0.25) is 0 Å². The largest absolute Gasteiger partial charge is 0.289 e. The molecule has 2 heteroatoms. The van der Waals surface area contributed by atoms with Gasteiger partial charge in [-0.1, -0.05) is 99.0 Å². The number of carbonyl (C=O) groups is 1. The van der Waals surface area contributed by atoms with Crippen LogP contribution in [0.25, 0.3) is 0 Å². The molecule has 180 valence electrons. The maximum absolute atomic E-state index is 12.7. The van der Waals surface area contributed by atoms with Gasteiger partial charge in [-0.2, -0.15) is 5.26 Å². The van der Waals surface area contributed by atoms with Gasteiger partial charge in [0.05, 0.1) is 5.57 Å². The van der Waals surface area contributed by atoms with E-state index < -0.39 is 0 Å². The Morgan fingerprint density at radius 2 is 1.19 bits per heavy atom. The fraction of sp³-hybridized carbons (Fsp3) is 0.733. The predicted molar refractivity (Wildman–Crippen MR) is 138 cm³/mol. The highest BCUT2D eigenvalue weighted by Gasteiger charge is 2.26. The van der Waals surface area contributed by atoms with Crippen LogP contribution in [0.5, 0.6) is 0 Å². The van der Waals surface area contributed by atoms with Gasteiger partial charge in [0.1, 0.15) is 6.07 Å². The molecule has 3 atom stereocenters. The molecule has 0 N–H and O–H groups in total. The Kier molecular flexibility index (Phi) is 12.9. The molecule has 0 aromatic heterocycles. The molecule has 1 rings (SSSR count). The zero-order chi connectivity index (χ0) is 24.3. The molecule has 0 saturated heterocycles. The summed E-state index contributed by atoms with van der Waals surface area (Å²) in [6.07, 6.45) is 13.6. The smallest absolute Gasteiger partial charge is 0.186 e. The van der Waals surface area contributed by atoms with Crippen molar-refractivity contribution in [3.8, 4) is 6.07 Å². The number of nitriles is 1. The lowest BCUT2D eigenvalue weighted by Gasteiger charge is -2.21. The Hall–Kier alpha value is -1.62. The highest BCUT2D eigenvalue weighted by Crippen LogP contribution is 2.34. The summed E-state index contributed by atoms with van der Waals surface area (Å²) in [5.41, 5.74) is 3.54. The second kappa shape index (κ2) is 14.5. The van der Waals surface area contributed by atoms with Crippen LogP contribution in [-0.4, -0.2) is 5.78 Å². The number of hydrogen-bond acceptors (Lipinski definition) is 2. The van der Waals surface area contributed by atoms with Crippen LogP contribution >= 0.6 is 0 Å². The second-order valence-electron chi connectivity index (χ2n) is 11.1. The van der Waals surface area contributed by atoms with Gasteiger partial charge in [-0.05, 0) is 61.5 Å². The lowest BCUT2D eigenvalue weighted by molar-refractivity contribution is -0.112. The molecule has 2 nitrogen and oxygen atoms in total. The van der Waals surface area contributed by atoms with Crippen molar-refractivity contribution in [2.45, 2.75) is 119 Å². The van der Waals surface area contributed by atoms with Gasteiger partial charge in [0.2, 0.25) is 0 Å². The lowest BCUT2D eigenvalue weighted by atomic mass is 9.81. The first-order chi connectivity index (χ1) is 15.1. The van der Waals surface area contributed by atoms with E-state index in [9.17, 15) is 10.1 Å². The zero-order valence-corrected chi connectivity index (χ0v) is 22.2. The molecular weight excluding hydrogens is 390 g/mol. The first kappa shape index (κ1) is 28.4. The van der Waals surface area contributed by atoms with Crippen LogP contribution in [0.4, 0.5) is 0 Å². The number of carbonyl (C=O) groups excluding carboxylic acids is 1. The highest BCUT2D eigenvalue weighted by molar-refractivity contribution is 6.12. The van der Waals surface area contributed by atoms with Crippen molar-refractivity contribution < 1.29 is 4.79 Å². The molecule has 0 spiro atoms. The minimum atomic E-state index is 0.0470. The SMILES string of the molecule is C=C1C(C)=C(C)C(=O)C(CCC(C)CCC[C@H](C)CCC[C@H](C)CCCC(C)C)=C1C#N. The summed E-state index contributed by atoms with van der Waals surface area (Å²) in [6, 6.07) is 2.24. The van der Waals surface area contributed by atoms with Gasteiger partial charge in [-0.15, -0.1) is 0 Å². The third-order valence-corrected chi connectivity index (χ3v) is 7.50. The molecule has 1 aliphatic carbocycles. The third-order valence-electron chi connectivity index (χ3n) is 7.50. The van der Waals surface area contributed by atoms with E-state index in [0.29, 0.717) is 23.5 Å². The van der Waals surface area contributed by atoms with E-state index in [4.69, 9.17) is 0 Å². The summed E-state index contributed by atoms with van der Waals surface area (Å²) in [4.78, 5) is 12.7. The van der Waals surface area contributed by atoms with Crippen LogP contribution in [0, 0.1) is 35.0 Å². The van der Waals surface area contributed by atoms with Gasteiger partial charge in [0, 0.05) is 11.1 Å². The fourth-order valence-electron chi connectivity index (χ4n) is 4.81. The molecule has 0 radical (unpaired) electrons.